The number of nitrogens with zero attached hydrogens (tertiary/aromatic N) is 7. The number of aryl methyl sites for hydroxylation is 3. The second-order valence-electron chi connectivity index (χ2n) is 8.74. The Labute approximate surface area is 207 Å². The van der Waals surface area contributed by atoms with Gasteiger partial charge < -0.3 is 11.1 Å². The fourth-order valence-corrected chi connectivity index (χ4v) is 4.62. The topological polar surface area (TPSA) is 112 Å². The van der Waals surface area contributed by atoms with E-state index in [1.807, 2.05) is 67.7 Å². The van der Waals surface area contributed by atoms with E-state index in [1.54, 1.807) is 4.68 Å². The summed E-state index contributed by atoms with van der Waals surface area (Å²) in [6.07, 6.45) is 10.8. The highest BCUT2D eigenvalue weighted by molar-refractivity contribution is 6.00. The van der Waals surface area contributed by atoms with Crippen LogP contribution in [0.5, 0.6) is 0 Å². The predicted octanol–water partition coefficient (Wildman–Crippen LogP) is 4.17. The summed E-state index contributed by atoms with van der Waals surface area (Å²) in [5.74, 6) is 1.33. The molecule has 0 atom stereocenters. The first kappa shape index (κ1) is 21.7. The molecule has 1 aromatic carbocycles. The highest BCUT2D eigenvalue weighted by Gasteiger charge is 2.18. The molecule has 6 aromatic rings. The molecule has 5 heterocycles. The van der Waals surface area contributed by atoms with Crippen LogP contribution < -0.4 is 11.1 Å². The van der Waals surface area contributed by atoms with Crippen molar-refractivity contribution in [3.8, 4) is 16.9 Å². The number of aromatic nitrogens is 7. The van der Waals surface area contributed by atoms with E-state index in [1.165, 1.54) is 11.9 Å². The number of fused-ring (bicyclic) bond motifs is 2. The summed E-state index contributed by atoms with van der Waals surface area (Å²) in [5, 5.41) is 9.72. The molecule has 0 aliphatic rings. The Kier molecular flexibility index (Phi) is 5.29. The van der Waals surface area contributed by atoms with Gasteiger partial charge in [-0.25, -0.2) is 15.0 Å². The highest BCUT2D eigenvalue weighted by atomic mass is 15.2. The van der Waals surface area contributed by atoms with Gasteiger partial charge in [-0.05, 0) is 48.2 Å². The average Bonchev–Trinajstić information content (AvgIpc) is 3.51. The molecule has 0 saturated carbocycles. The smallest absolute Gasteiger partial charge is 0.150 e. The quantitative estimate of drug-likeness (QED) is 0.372. The van der Waals surface area contributed by atoms with Crippen molar-refractivity contribution in [1.29, 1.82) is 0 Å². The van der Waals surface area contributed by atoms with Crippen LogP contribution in [0.4, 0.5) is 11.6 Å². The first-order chi connectivity index (χ1) is 17.6. The van der Waals surface area contributed by atoms with Gasteiger partial charge >= 0.3 is 0 Å². The Morgan fingerprint density at radius 2 is 1.92 bits per heavy atom. The number of rotatable bonds is 6. The Morgan fingerprint density at radius 3 is 2.75 bits per heavy atom. The minimum Gasteiger partial charge on any atom is -0.383 e. The number of nitrogens with one attached hydrogen (secondary N) is 1. The van der Waals surface area contributed by atoms with Gasteiger partial charge in [0, 0.05) is 43.6 Å². The number of nitrogen functional groups attached to an aromatic ring is 1. The number of hydrogen-bond donors (Lipinski definition) is 2. The Balaban J connectivity index is 1.36. The van der Waals surface area contributed by atoms with Crippen molar-refractivity contribution in [3.63, 3.8) is 0 Å². The zero-order valence-corrected chi connectivity index (χ0v) is 20.1. The number of anilines is 2. The Morgan fingerprint density at radius 1 is 1.03 bits per heavy atom. The molecule has 0 amide bonds. The Hall–Kier alpha value is -4.79. The third kappa shape index (κ3) is 3.80. The lowest BCUT2D eigenvalue weighted by Gasteiger charge is -2.11. The summed E-state index contributed by atoms with van der Waals surface area (Å²) in [7, 11) is 3.80. The van der Waals surface area contributed by atoms with Gasteiger partial charge in [-0.15, -0.1) is 0 Å². The minimum absolute atomic E-state index is 0.423. The maximum atomic E-state index is 6.27. The lowest BCUT2D eigenvalue weighted by Crippen LogP contribution is -2.02. The van der Waals surface area contributed by atoms with Gasteiger partial charge in [0.2, 0.25) is 0 Å². The summed E-state index contributed by atoms with van der Waals surface area (Å²) in [6, 6.07) is 14.5. The molecule has 0 fully saturated rings. The van der Waals surface area contributed by atoms with Gasteiger partial charge in [-0.1, -0.05) is 18.2 Å². The average molecular weight is 476 g/mol. The zero-order valence-electron chi connectivity index (χ0n) is 20.1. The molecule has 0 radical (unpaired) electrons. The number of para-hydroxylation sites is 1. The number of hydrogen-bond acceptors (Lipinski definition) is 7. The number of pyridine rings is 2. The van der Waals surface area contributed by atoms with Crippen LogP contribution in [0.1, 0.15) is 11.1 Å². The van der Waals surface area contributed by atoms with Gasteiger partial charge in [-0.2, -0.15) is 5.10 Å². The maximum Gasteiger partial charge on any atom is 0.150 e. The molecule has 9 nitrogen and oxygen atoms in total. The van der Waals surface area contributed by atoms with Crippen molar-refractivity contribution < 1.29 is 0 Å². The molecule has 0 aliphatic carbocycles. The van der Waals surface area contributed by atoms with E-state index in [0.717, 1.165) is 63.1 Å². The van der Waals surface area contributed by atoms with Crippen molar-refractivity contribution in [2.75, 3.05) is 18.1 Å². The van der Waals surface area contributed by atoms with Crippen LogP contribution in [0.15, 0.2) is 73.6 Å². The zero-order chi connectivity index (χ0) is 24.6. The lowest BCUT2D eigenvalue weighted by atomic mass is 10.0. The highest BCUT2D eigenvalue weighted by Crippen LogP contribution is 2.33. The molecule has 178 valence electrons. The molecule has 6 rings (SSSR count). The summed E-state index contributed by atoms with van der Waals surface area (Å²) in [6.45, 7) is 0. The van der Waals surface area contributed by atoms with E-state index in [9.17, 15) is 0 Å². The van der Waals surface area contributed by atoms with E-state index < -0.39 is 0 Å². The molecule has 0 spiro atoms. The lowest BCUT2D eigenvalue weighted by molar-refractivity contribution is 0.771. The van der Waals surface area contributed by atoms with Crippen LogP contribution in [-0.4, -0.2) is 41.3 Å². The minimum atomic E-state index is 0.423. The van der Waals surface area contributed by atoms with Crippen LogP contribution >= 0.6 is 0 Å². The van der Waals surface area contributed by atoms with E-state index >= 15 is 0 Å². The molecule has 9 heteroatoms. The molecule has 5 aromatic heterocycles. The summed E-state index contributed by atoms with van der Waals surface area (Å²) < 4.78 is 3.77. The molecule has 0 saturated heterocycles. The van der Waals surface area contributed by atoms with Crippen LogP contribution in [0.3, 0.4) is 0 Å². The third-order valence-electron chi connectivity index (χ3n) is 6.38. The second-order valence-corrected chi connectivity index (χ2v) is 8.74. The molecular formula is C27H25N9. The largest absolute Gasteiger partial charge is 0.383 e. The van der Waals surface area contributed by atoms with Crippen molar-refractivity contribution in [1.82, 2.24) is 34.3 Å². The fraction of sp³-hybridized carbons (Fsp3) is 0.148. The molecule has 0 unspecified atom stereocenters. The molecule has 36 heavy (non-hydrogen) atoms. The monoisotopic (exact) mass is 475 g/mol. The first-order valence-electron chi connectivity index (χ1n) is 11.7. The van der Waals surface area contributed by atoms with E-state index in [0.29, 0.717) is 5.82 Å². The van der Waals surface area contributed by atoms with E-state index in [2.05, 4.69) is 43.6 Å². The Bertz CT molecular complexity index is 1710. The first-order valence-corrected chi connectivity index (χ1v) is 11.7. The van der Waals surface area contributed by atoms with E-state index in [4.69, 9.17) is 10.7 Å². The molecule has 0 bridgehead atoms. The van der Waals surface area contributed by atoms with Crippen LogP contribution in [-0.2, 0) is 19.9 Å². The van der Waals surface area contributed by atoms with Gasteiger partial charge in [-0.3, -0.25) is 14.2 Å². The number of benzene rings is 1. The number of nitrogens with two attached hydrogens (primary N) is 1. The third-order valence-corrected chi connectivity index (χ3v) is 6.38. The van der Waals surface area contributed by atoms with Crippen LogP contribution in [0.2, 0.25) is 0 Å². The van der Waals surface area contributed by atoms with Crippen molar-refractivity contribution in [2.24, 2.45) is 7.05 Å². The summed E-state index contributed by atoms with van der Waals surface area (Å²) >= 11 is 0. The molecule has 3 N–H and O–H groups in total. The van der Waals surface area contributed by atoms with Crippen LogP contribution in [0, 0.1) is 0 Å². The summed E-state index contributed by atoms with van der Waals surface area (Å²) in [5.41, 5.74) is 12.9. The normalized spacial score (nSPS) is 11.4. The van der Waals surface area contributed by atoms with Crippen molar-refractivity contribution in [3.05, 3.63) is 84.7 Å². The van der Waals surface area contributed by atoms with Gasteiger partial charge in [0.1, 0.15) is 18.0 Å². The van der Waals surface area contributed by atoms with Gasteiger partial charge in [0.15, 0.2) is 5.65 Å². The van der Waals surface area contributed by atoms with Crippen molar-refractivity contribution in [2.45, 2.75) is 12.8 Å². The van der Waals surface area contributed by atoms with Crippen molar-refractivity contribution >= 4 is 33.6 Å². The SMILES string of the molecule is CNc1nc2ccccc2cc1CCc1cncc(-n2cc(-c3ccn(C)n3)c3c(N)ncnc32)c1. The molecular weight excluding hydrogens is 450 g/mol. The van der Waals surface area contributed by atoms with E-state index in [-0.39, 0.29) is 0 Å². The fourth-order valence-electron chi connectivity index (χ4n) is 4.62. The van der Waals surface area contributed by atoms with Crippen LogP contribution in [0.25, 0.3) is 38.9 Å². The maximum absolute atomic E-state index is 6.27. The predicted molar refractivity (Wildman–Crippen MR) is 142 cm³/mol. The second kappa shape index (κ2) is 8.77. The summed E-state index contributed by atoms with van der Waals surface area (Å²) in [4.78, 5) is 18.1. The van der Waals surface area contributed by atoms with Gasteiger partial charge in [0.05, 0.1) is 28.5 Å². The molecule has 0 aliphatic heterocycles. The standard InChI is InChI=1S/C27H25N9/c1-29-26-19(12-18-5-3-4-6-22(18)33-26)8-7-17-11-20(14-30-13-17)36-15-21(23-9-10-35(2)34-23)24-25(28)31-16-32-27(24)36/h3-6,9-16H,7-8H2,1-2H3,(H,29,33)(H2,28,31,32). The van der Waals surface area contributed by atoms with Gasteiger partial charge in [0.25, 0.3) is 0 Å².